The summed E-state index contributed by atoms with van der Waals surface area (Å²) in [5.74, 6) is 1.58. The monoisotopic (exact) mass is 253 g/mol. The smallest absolute Gasteiger partial charge is 0.269 e. The summed E-state index contributed by atoms with van der Waals surface area (Å²) in [5, 5.41) is 0. The minimum atomic E-state index is -2.52. The Morgan fingerprint density at radius 3 is 2.56 bits per heavy atom. The number of hydrogen-bond donors (Lipinski definition) is 0. The fraction of sp³-hybridized carbons (Fsp3) is 0.643. The predicted octanol–water partition coefficient (Wildman–Crippen LogP) is 3.98. The highest BCUT2D eigenvalue weighted by Crippen LogP contribution is 2.43. The van der Waals surface area contributed by atoms with Crippen LogP contribution in [0.25, 0.3) is 0 Å². The Morgan fingerprint density at radius 2 is 1.89 bits per heavy atom. The summed E-state index contributed by atoms with van der Waals surface area (Å²) in [6.45, 7) is 0. The van der Waals surface area contributed by atoms with Crippen molar-refractivity contribution in [2.75, 3.05) is 0 Å². The summed E-state index contributed by atoms with van der Waals surface area (Å²) in [4.78, 5) is 3.96. The van der Waals surface area contributed by atoms with Crippen LogP contribution in [-0.4, -0.2) is 11.1 Å². The van der Waals surface area contributed by atoms with Gasteiger partial charge in [0.15, 0.2) is 0 Å². The molecular weight excluding hydrogens is 236 g/mol. The second-order valence-electron chi connectivity index (χ2n) is 5.45. The van der Waals surface area contributed by atoms with Crippen molar-refractivity contribution in [3.05, 3.63) is 23.9 Å². The van der Waals surface area contributed by atoms with Crippen LogP contribution in [-0.2, 0) is 0 Å². The Kier molecular flexibility index (Phi) is 3.18. The van der Waals surface area contributed by atoms with Gasteiger partial charge in [0.1, 0.15) is 6.10 Å². The van der Waals surface area contributed by atoms with Crippen LogP contribution in [0.2, 0.25) is 0 Å². The molecule has 2 nitrogen and oxygen atoms in total. The Bertz CT molecular complexity index is 412. The minimum Gasteiger partial charge on any atom is -0.474 e. The van der Waals surface area contributed by atoms with Gasteiger partial charge in [0.25, 0.3) is 6.43 Å². The van der Waals surface area contributed by atoms with Crippen molar-refractivity contribution in [3.63, 3.8) is 0 Å². The fourth-order valence-corrected chi connectivity index (χ4v) is 3.37. The molecule has 1 heterocycles. The molecule has 0 N–H and O–H groups in total. The van der Waals surface area contributed by atoms with Gasteiger partial charge in [-0.2, -0.15) is 0 Å². The summed E-state index contributed by atoms with van der Waals surface area (Å²) in [6.07, 6.45) is 4.90. The fourth-order valence-electron chi connectivity index (χ4n) is 3.37. The largest absolute Gasteiger partial charge is 0.474 e. The Labute approximate surface area is 105 Å². The van der Waals surface area contributed by atoms with Gasteiger partial charge in [-0.15, -0.1) is 0 Å². The van der Waals surface area contributed by atoms with Gasteiger partial charge >= 0.3 is 0 Å². The van der Waals surface area contributed by atoms with E-state index in [1.165, 1.54) is 37.6 Å². The molecule has 2 saturated carbocycles. The average molecular weight is 253 g/mol. The molecule has 0 spiro atoms. The molecule has 4 heteroatoms. The lowest BCUT2D eigenvalue weighted by Gasteiger charge is -2.28. The van der Waals surface area contributed by atoms with Gasteiger partial charge in [0, 0.05) is 6.20 Å². The van der Waals surface area contributed by atoms with Crippen molar-refractivity contribution in [2.45, 2.75) is 44.6 Å². The molecule has 2 aliphatic rings. The number of fused-ring (bicyclic) bond motifs is 2. The topological polar surface area (TPSA) is 22.1 Å². The van der Waals surface area contributed by atoms with E-state index in [1.807, 2.05) is 0 Å². The van der Waals surface area contributed by atoms with E-state index < -0.39 is 6.43 Å². The van der Waals surface area contributed by atoms with Crippen molar-refractivity contribution in [1.82, 2.24) is 4.98 Å². The molecule has 1 unspecified atom stereocenters. The normalized spacial score (nSPS) is 30.7. The van der Waals surface area contributed by atoms with E-state index in [9.17, 15) is 8.78 Å². The molecular formula is C14H17F2NO. The molecule has 0 aromatic carbocycles. The van der Waals surface area contributed by atoms with E-state index >= 15 is 0 Å². The van der Waals surface area contributed by atoms with Gasteiger partial charge in [-0.05, 0) is 43.2 Å². The first-order valence-corrected chi connectivity index (χ1v) is 6.62. The van der Waals surface area contributed by atoms with Crippen LogP contribution in [0.3, 0.4) is 0 Å². The molecule has 1 aromatic heterocycles. The zero-order chi connectivity index (χ0) is 12.5. The summed E-state index contributed by atoms with van der Waals surface area (Å²) < 4.78 is 31.4. The van der Waals surface area contributed by atoms with E-state index in [-0.39, 0.29) is 17.5 Å². The SMILES string of the molecule is FC(F)c1cccnc1OC1C[C@H]2CC[C@@H](C1)C2. The highest BCUT2D eigenvalue weighted by atomic mass is 19.3. The van der Waals surface area contributed by atoms with Crippen LogP contribution in [0.15, 0.2) is 18.3 Å². The maximum Gasteiger partial charge on any atom is 0.269 e. The number of alkyl halides is 2. The minimum absolute atomic E-state index is 0.0728. The van der Waals surface area contributed by atoms with Gasteiger partial charge in [-0.1, -0.05) is 12.8 Å². The van der Waals surface area contributed by atoms with Crippen LogP contribution in [0.4, 0.5) is 8.78 Å². The summed E-state index contributed by atoms with van der Waals surface area (Å²) in [6, 6.07) is 2.92. The Balaban J connectivity index is 1.73. The third-order valence-electron chi connectivity index (χ3n) is 4.16. The van der Waals surface area contributed by atoms with Crippen LogP contribution in [0, 0.1) is 11.8 Å². The maximum atomic E-state index is 12.8. The van der Waals surface area contributed by atoms with E-state index in [0.29, 0.717) is 0 Å². The average Bonchev–Trinajstić information content (AvgIpc) is 2.69. The van der Waals surface area contributed by atoms with Crippen molar-refractivity contribution in [1.29, 1.82) is 0 Å². The molecule has 3 atom stereocenters. The third-order valence-corrected chi connectivity index (χ3v) is 4.16. The third kappa shape index (κ3) is 2.33. The second kappa shape index (κ2) is 4.82. The lowest BCUT2D eigenvalue weighted by molar-refractivity contribution is 0.0994. The summed E-state index contributed by atoms with van der Waals surface area (Å²) >= 11 is 0. The van der Waals surface area contributed by atoms with E-state index in [1.54, 1.807) is 0 Å². The van der Waals surface area contributed by atoms with Gasteiger partial charge in [-0.3, -0.25) is 0 Å². The quantitative estimate of drug-likeness (QED) is 0.813. The first-order valence-electron chi connectivity index (χ1n) is 6.62. The summed E-state index contributed by atoms with van der Waals surface area (Å²) in [5.41, 5.74) is -0.0876. The molecule has 2 bridgehead atoms. The Hall–Kier alpha value is -1.19. The van der Waals surface area contributed by atoms with Gasteiger partial charge < -0.3 is 4.74 Å². The van der Waals surface area contributed by atoms with Crippen LogP contribution >= 0.6 is 0 Å². The number of hydrogen-bond acceptors (Lipinski definition) is 2. The molecule has 1 aromatic rings. The molecule has 0 aliphatic heterocycles. The molecule has 0 radical (unpaired) electrons. The number of halogens is 2. The zero-order valence-electron chi connectivity index (χ0n) is 10.2. The highest BCUT2D eigenvalue weighted by Gasteiger charge is 2.35. The van der Waals surface area contributed by atoms with Gasteiger partial charge in [0.2, 0.25) is 5.88 Å². The summed E-state index contributed by atoms with van der Waals surface area (Å²) in [7, 11) is 0. The van der Waals surface area contributed by atoms with Crippen molar-refractivity contribution < 1.29 is 13.5 Å². The maximum absolute atomic E-state index is 12.8. The van der Waals surface area contributed by atoms with Crippen LogP contribution in [0.1, 0.15) is 44.1 Å². The molecule has 0 amide bonds. The lowest BCUT2D eigenvalue weighted by atomic mass is 9.87. The molecule has 3 rings (SSSR count). The number of nitrogens with zero attached hydrogens (tertiary/aromatic N) is 1. The zero-order valence-corrected chi connectivity index (χ0v) is 10.2. The highest BCUT2D eigenvalue weighted by molar-refractivity contribution is 5.26. The number of pyridine rings is 1. The first kappa shape index (κ1) is 11.9. The Morgan fingerprint density at radius 1 is 1.17 bits per heavy atom. The van der Waals surface area contributed by atoms with Crippen molar-refractivity contribution in [3.8, 4) is 5.88 Å². The van der Waals surface area contributed by atoms with Gasteiger partial charge in [0.05, 0.1) is 5.56 Å². The van der Waals surface area contributed by atoms with Crippen LogP contribution < -0.4 is 4.74 Å². The molecule has 98 valence electrons. The van der Waals surface area contributed by atoms with Crippen molar-refractivity contribution in [2.24, 2.45) is 11.8 Å². The van der Waals surface area contributed by atoms with E-state index in [2.05, 4.69) is 4.98 Å². The molecule has 18 heavy (non-hydrogen) atoms. The lowest BCUT2D eigenvalue weighted by Crippen LogP contribution is -2.26. The number of ether oxygens (including phenoxy) is 1. The van der Waals surface area contributed by atoms with Gasteiger partial charge in [-0.25, -0.2) is 13.8 Å². The molecule has 2 fully saturated rings. The van der Waals surface area contributed by atoms with E-state index in [4.69, 9.17) is 4.74 Å². The first-order chi connectivity index (χ1) is 8.72. The predicted molar refractivity (Wildman–Crippen MR) is 63.7 cm³/mol. The molecule has 2 aliphatic carbocycles. The molecule has 0 saturated heterocycles. The number of aromatic nitrogens is 1. The number of rotatable bonds is 3. The van der Waals surface area contributed by atoms with Crippen LogP contribution in [0.5, 0.6) is 5.88 Å². The standard InChI is InChI=1S/C14H17F2NO/c15-13(16)12-2-1-5-17-14(12)18-11-7-9-3-4-10(6-9)8-11/h1-2,5,9-11,13H,3-4,6-8H2/t9-,10+,11?. The van der Waals surface area contributed by atoms with E-state index in [0.717, 1.165) is 24.7 Å². The second-order valence-corrected chi connectivity index (χ2v) is 5.45. The van der Waals surface area contributed by atoms with Crippen molar-refractivity contribution >= 4 is 0 Å².